The number of hydrogen-bond donors (Lipinski definition) is 2. The minimum absolute atomic E-state index is 0.562. The van der Waals surface area contributed by atoms with Gasteiger partial charge in [-0.15, -0.1) is 0 Å². The van der Waals surface area contributed by atoms with E-state index in [4.69, 9.17) is 4.74 Å². The van der Waals surface area contributed by atoms with E-state index in [0.717, 1.165) is 28.7 Å². The predicted octanol–water partition coefficient (Wildman–Crippen LogP) is 5.79. The largest absolute Gasteiger partial charge is 0.457 e. The van der Waals surface area contributed by atoms with Gasteiger partial charge in [0.2, 0.25) is 6.41 Å². The zero-order valence-electron chi connectivity index (χ0n) is 17.0. The van der Waals surface area contributed by atoms with Gasteiger partial charge in [0, 0.05) is 23.0 Å². The number of pyridine rings is 1. The molecule has 0 bridgehead atoms. The van der Waals surface area contributed by atoms with Gasteiger partial charge in [-0.1, -0.05) is 18.2 Å². The second-order valence-corrected chi connectivity index (χ2v) is 7.05. The molecule has 7 nitrogen and oxygen atoms in total. The van der Waals surface area contributed by atoms with Crippen LogP contribution in [0.25, 0.3) is 10.9 Å². The van der Waals surface area contributed by atoms with E-state index in [1.807, 2.05) is 78.9 Å². The lowest BCUT2D eigenvalue weighted by atomic mass is 10.2. The quantitative estimate of drug-likeness (QED) is 0.325. The average Bonchev–Trinajstić information content (AvgIpc) is 3.30. The van der Waals surface area contributed by atoms with Crippen molar-refractivity contribution in [1.29, 1.82) is 0 Å². The zero-order chi connectivity index (χ0) is 21.8. The molecule has 0 spiro atoms. The van der Waals surface area contributed by atoms with Gasteiger partial charge in [-0.2, -0.15) is 5.10 Å². The van der Waals surface area contributed by atoms with Crippen LogP contribution in [0, 0.1) is 0 Å². The molecule has 5 rings (SSSR count). The van der Waals surface area contributed by atoms with E-state index in [1.165, 1.54) is 4.90 Å². The summed E-state index contributed by atoms with van der Waals surface area (Å²) in [7, 11) is 0. The van der Waals surface area contributed by atoms with Crippen LogP contribution in [0.2, 0.25) is 0 Å². The molecule has 7 heteroatoms. The lowest BCUT2D eigenvalue weighted by Gasteiger charge is -2.21. The lowest BCUT2D eigenvalue weighted by Crippen LogP contribution is -2.16. The van der Waals surface area contributed by atoms with Crippen LogP contribution in [-0.4, -0.2) is 21.6 Å². The number of fused-ring (bicyclic) bond motifs is 1. The van der Waals surface area contributed by atoms with E-state index in [2.05, 4.69) is 20.5 Å². The Morgan fingerprint density at radius 2 is 1.72 bits per heavy atom. The number of para-hydroxylation sites is 1. The van der Waals surface area contributed by atoms with Crippen LogP contribution < -0.4 is 15.0 Å². The third-order valence-corrected chi connectivity index (χ3v) is 4.95. The molecule has 5 aromatic rings. The second kappa shape index (κ2) is 8.61. The summed E-state index contributed by atoms with van der Waals surface area (Å²) in [6.07, 6.45) is 4.22. The molecule has 0 fully saturated rings. The van der Waals surface area contributed by atoms with Crippen molar-refractivity contribution in [2.75, 3.05) is 10.2 Å². The van der Waals surface area contributed by atoms with Gasteiger partial charge in [-0.3, -0.25) is 14.8 Å². The van der Waals surface area contributed by atoms with Crippen molar-refractivity contribution < 1.29 is 9.53 Å². The summed E-state index contributed by atoms with van der Waals surface area (Å²) >= 11 is 0. The molecule has 0 unspecified atom stereocenters. The number of benzene rings is 3. The van der Waals surface area contributed by atoms with Gasteiger partial charge in [0.15, 0.2) is 5.82 Å². The Balaban J connectivity index is 1.41. The van der Waals surface area contributed by atoms with Crippen LogP contribution in [-0.2, 0) is 4.79 Å². The number of nitrogens with one attached hydrogen (secondary N) is 2. The van der Waals surface area contributed by atoms with Crippen molar-refractivity contribution in [2.24, 2.45) is 0 Å². The van der Waals surface area contributed by atoms with Crippen LogP contribution in [0.5, 0.6) is 11.5 Å². The first-order valence-corrected chi connectivity index (χ1v) is 10.0. The SMILES string of the molecule is O=CN(c1ccc(Oc2ccccc2)cc1)c1cccnc1Nc1ccc2[nH]ncc2c1. The highest BCUT2D eigenvalue weighted by molar-refractivity contribution is 5.92. The Labute approximate surface area is 184 Å². The lowest BCUT2D eigenvalue weighted by molar-refractivity contribution is -0.106. The molecule has 0 atom stereocenters. The number of rotatable bonds is 7. The van der Waals surface area contributed by atoms with Crippen LogP contribution >= 0.6 is 0 Å². The van der Waals surface area contributed by atoms with E-state index in [-0.39, 0.29) is 0 Å². The summed E-state index contributed by atoms with van der Waals surface area (Å²) in [5.74, 6) is 2.00. The molecular weight excluding hydrogens is 402 g/mol. The molecule has 2 N–H and O–H groups in total. The molecule has 0 aliphatic carbocycles. The molecular formula is C25H19N5O2. The Kier molecular flexibility index (Phi) is 5.20. The normalized spacial score (nSPS) is 10.6. The number of anilines is 4. The molecule has 0 aliphatic heterocycles. The Morgan fingerprint density at radius 1 is 0.906 bits per heavy atom. The zero-order valence-corrected chi connectivity index (χ0v) is 17.0. The Hall–Kier alpha value is -4.65. The third-order valence-electron chi connectivity index (χ3n) is 4.95. The first-order chi connectivity index (χ1) is 15.8. The number of aromatic amines is 1. The molecule has 1 amide bonds. The van der Waals surface area contributed by atoms with Crippen LogP contribution in [0.15, 0.2) is 97.3 Å². The summed E-state index contributed by atoms with van der Waals surface area (Å²) < 4.78 is 5.84. The molecule has 0 saturated heterocycles. The highest BCUT2D eigenvalue weighted by atomic mass is 16.5. The number of aromatic nitrogens is 3. The summed E-state index contributed by atoms with van der Waals surface area (Å²) in [5.41, 5.74) is 3.12. The van der Waals surface area contributed by atoms with Crippen molar-refractivity contribution >= 4 is 40.2 Å². The fraction of sp³-hybridized carbons (Fsp3) is 0. The Morgan fingerprint density at radius 3 is 2.53 bits per heavy atom. The maximum absolute atomic E-state index is 12.1. The van der Waals surface area contributed by atoms with Gasteiger partial charge in [-0.25, -0.2) is 4.98 Å². The van der Waals surface area contributed by atoms with E-state index >= 15 is 0 Å². The van der Waals surface area contributed by atoms with Gasteiger partial charge < -0.3 is 10.1 Å². The fourth-order valence-corrected chi connectivity index (χ4v) is 3.40. The maximum Gasteiger partial charge on any atom is 0.218 e. The highest BCUT2D eigenvalue weighted by Gasteiger charge is 2.14. The monoisotopic (exact) mass is 421 g/mol. The topological polar surface area (TPSA) is 83.1 Å². The van der Waals surface area contributed by atoms with Gasteiger partial charge in [0.25, 0.3) is 0 Å². The fourth-order valence-electron chi connectivity index (χ4n) is 3.40. The van der Waals surface area contributed by atoms with Crippen molar-refractivity contribution in [1.82, 2.24) is 15.2 Å². The van der Waals surface area contributed by atoms with Crippen LogP contribution in [0.3, 0.4) is 0 Å². The second-order valence-electron chi connectivity index (χ2n) is 7.05. The molecule has 2 heterocycles. The number of carbonyl (C=O) groups is 1. The molecule has 0 saturated carbocycles. The van der Waals surface area contributed by atoms with Gasteiger partial charge in [-0.05, 0) is 66.7 Å². The van der Waals surface area contributed by atoms with E-state index < -0.39 is 0 Å². The van der Waals surface area contributed by atoms with Crippen molar-refractivity contribution in [3.8, 4) is 11.5 Å². The molecule has 3 aromatic carbocycles. The van der Waals surface area contributed by atoms with Gasteiger partial charge in [0.1, 0.15) is 11.5 Å². The van der Waals surface area contributed by atoms with Gasteiger partial charge in [0.05, 0.1) is 17.4 Å². The number of hydrogen-bond acceptors (Lipinski definition) is 5. The molecule has 0 aliphatic rings. The minimum atomic E-state index is 0.562. The molecule has 0 radical (unpaired) electrons. The first kappa shape index (κ1) is 19.3. The number of carbonyl (C=O) groups excluding carboxylic acids is 1. The van der Waals surface area contributed by atoms with Crippen molar-refractivity contribution in [3.63, 3.8) is 0 Å². The molecule has 156 valence electrons. The first-order valence-electron chi connectivity index (χ1n) is 10.0. The predicted molar refractivity (Wildman–Crippen MR) is 125 cm³/mol. The summed E-state index contributed by atoms with van der Waals surface area (Å²) in [6.45, 7) is 0. The van der Waals surface area contributed by atoms with E-state index in [0.29, 0.717) is 22.9 Å². The van der Waals surface area contributed by atoms with E-state index in [9.17, 15) is 4.79 Å². The summed E-state index contributed by atoms with van der Waals surface area (Å²) in [6, 6.07) is 26.3. The Bertz CT molecular complexity index is 1350. The number of ether oxygens (including phenoxy) is 1. The van der Waals surface area contributed by atoms with E-state index in [1.54, 1.807) is 18.5 Å². The smallest absolute Gasteiger partial charge is 0.218 e. The number of nitrogens with zero attached hydrogens (tertiary/aromatic N) is 3. The van der Waals surface area contributed by atoms with Crippen LogP contribution in [0.4, 0.5) is 22.9 Å². The number of H-pyrrole nitrogens is 1. The molecule has 2 aromatic heterocycles. The average molecular weight is 421 g/mol. The summed E-state index contributed by atoms with van der Waals surface area (Å²) in [5, 5.41) is 11.3. The standard InChI is InChI=1S/C25H19N5O2/c31-17-30(20-9-11-22(12-10-20)32-21-5-2-1-3-6-21)24-7-4-14-26-25(24)28-19-8-13-23-18(15-19)16-27-29-23/h1-17H,(H,26,28)(H,27,29). The van der Waals surface area contributed by atoms with Crippen molar-refractivity contribution in [3.05, 3.63) is 97.3 Å². The van der Waals surface area contributed by atoms with Crippen molar-refractivity contribution in [2.45, 2.75) is 0 Å². The minimum Gasteiger partial charge on any atom is -0.457 e. The summed E-state index contributed by atoms with van der Waals surface area (Å²) in [4.78, 5) is 18.0. The highest BCUT2D eigenvalue weighted by Crippen LogP contribution is 2.33. The molecule has 32 heavy (non-hydrogen) atoms. The van der Waals surface area contributed by atoms with Crippen LogP contribution in [0.1, 0.15) is 0 Å². The van der Waals surface area contributed by atoms with Gasteiger partial charge >= 0.3 is 0 Å². The third kappa shape index (κ3) is 3.99. The number of amides is 1. The maximum atomic E-state index is 12.1.